The number of carbonyl (C=O) groups is 2. The van der Waals surface area contributed by atoms with Gasteiger partial charge in [-0.2, -0.15) is 10.5 Å². The third-order valence-electron chi connectivity index (χ3n) is 2.11. The molecule has 3 N–H and O–H groups in total. The SMILES string of the molecule is N#CC(C#N)=CNc1cc(C(=O)O)ccc1C(=O)O. The number of nitrogens with one attached hydrogen (secondary N) is 1. The van der Waals surface area contributed by atoms with E-state index in [1.54, 1.807) is 12.1 Å². The van der Waals surface area contributed by atoms with E-state index in [2.05, 4.69) is 5.32 Å². The maximum atomic E-state index is 10.9. The zero-order valence-electron chi connectivity index (χ0n) is 9.41. The van der Waals surface area contributed by atoms with E-state index in [1.165, 1.54) is 0 Å². The molecule has 0 aliphatic carbocycles. The molecule has 7 nitrogen and oxygen atoms in total. The van der Waals surface area contributed by atoms with Crippen LogP contribution < -0.4 is 5.32 Å². The molecule has 1 aromatic rings. The van der Waals surface area contributed by atoms with E-state index in [0.29, 0.717) is 0 Å². The van der Waals surface area contributed by atoms with Crippen molar-refractivity contribution >= 4 is 17.6 Å². The van der Waals surface area contributed by atoms with Crippen LogP contribution in [0.2, 0.25) is 0 Å². The quantitative estimate of drug-likeness (QED) is 0.694. The molecule has 0 saturated carbocycles. The lowest BCUT2D eigenvalue weighted by molar-refractivity contribution is 0.0682. The highest BCUT2D eigenvalue weighted by Gasteiger charge is 2.12. The van der Waals surface area contributed by atoms with Gasteiger partial charge in [-0.1, -0.05) is 0 Å². The standard InChI is InChI=1S/C12H7N3O4/c13-4-7(5-14)6-15-10-3-8(11(16)17)1-2-9(10)12(18)19/h1-3,6,15H,(H,16,17)(H,18,19). The van der Waals surface area contributed by atoms with Gasteiger partial charge in [0.1, 0.15) is 17.7 Å². The number of carboxylic acid groups (broad SMARTS) is 2. The minimum absolute atomic E-state index is 0.0181. The first-order chi connectivity index (χ1) is 8.99. The van der Waals surface area contributed by atoms with Crippen LogP contribution >= 0.6 is 0 Å². The predicted octanol–water partition coefficient (Wildman–Crippen LogP) is 1.43. The Morgan fingerprint density at radius 3 is 2.26 bits per heavy atom. The summed E-state index contributed by atoms with van der Waals surface area (Å²) in [6.07, 6.45) is 1.01. The molecule has 0 aliphatic rings. The van der Waals surface area contributed by atoms with E-state index in [9.17, 15) is 9.59 Å². The maximum absolute atomic E-state index is 10.9. The first kappa shape index (κ1) is 13.7. The van der Waals surface area contributed by atoms with E-state index in [-0.39, 0.29) is 22.4 Å². The molecule has 1 aromatic carbocycles. The molecular weight excluding hydrogens is 250 g/mol. The van der Waals surface area contributed by atoms with Crippen LogP contribution in [0.15, 0.2) is 30.0 Å². The van der Waals surface area contributed by atoms with Gasteiger partial charge in [0.2, 0.25) is 0 Å². The summed E-state index contributed by atoms with van der Waals surface area (Å²) >= 11 is 0. The molecule has 0 saturated heterocycles. The zero-order valence-corrected chi connectivity index (χ0v) is 9.41. The summed E-state index contributed by atoms with van der Waals surface area (Å²) in [5.74, 6) is -2.48. The van der Waals surface area contributed by atoms with Crippen molar-refractivity contribution in [3.05, 3.63) is 41.1 Å². The van der Waals surface area contributed by atoms with Crippen molar-refractivity contribution in [1.82, 2.24) is 0 Å². The Labute approximate surface area is 107 Å². The first-order valence-electron chi connectivity index (χ1n) is 4.87. The van der Waals surface area contributed by atoms with E-state index in [0.717, 1.165) is 24.4 Å². The number of anilines is 1. The first-order valence-corrected chi connectivity index (χ1v) is 4.87. The molecule has 0 atom stereocenters. The molecule has 0 aromatic heterocycles. The number of aromatic carboxylic acids is 2. The van der Waals surface area contributed by atoms with Gasteiger partial charge < -0.3 is 15.5 Å². The highest BCUT2D eigenvalue weighted by Crippen LogP contribution is 2.18. The molecule has 0 radical (unpaired) electrons. The van der Waals surface area contributed by atoms with Gasteiger partial charge in [-0.05, 0) is 18.2 Å². The molecule has 0 aliphatic heterocycles. The summed E-state index contributed by atoms with van der Waals surface area (Å²) in [4.78, 5) is 21.7. The van der Waals surface area contributed by atoms with Crippen molar-refractivity contribution in [1.29, 1.82) is 10.5 Å². The van der Waals surface area contributed by atoms with Gasteiger partial charge in [-0.3, -0.25) is 0 Å². The lowest BCUT2D eigenvalue weighted by Gasteiger charge is -2.06. The second-order valence-corrected chi connectivity index (χ2v) is 3.30. The van der Waals surface area contributed by atoms with Crippen molar-refractivity contribution in [2.24, 2.45) is 0 Å². The van der Waals surface area contributed by atoms with Gasteiger partial charge in [0.05, 0.1) is 16.8 Å². The van der Waals surface area contributed by atoms with Crippen LogP contribution in [0, 0.1) is 22.7 Å². The summed E-state index contributed by atoms with van der Waals surface area (Å²) in [6.45, 7) is 0. The second kappa shape index (κ2) is 5.84. The van der Waals surface area contributed by atoms with Gasteiger partial charge in [0, 0.05) is 6.20 Å². The van der Waals surface area contributed by atoms with Crippen molar-refractivity contribution < 1.29 is 19.8 Å². The summed E-state index contributed by atoms with van der Waals surface area (Å²) in [7, 11) is 0. The minimum Gasteiger partial charge on any atom is -0.478 e. The molecular formula is C12H7N3O4. The summed E-state index contributed by atoms with van der Waals surface area (Å²) in [6, 6.07) is 6.54. The van der Waals surface area contributed by atoms with Crippen LogP contribution in [0.1, 0.15) is 20.7 Å². The molecule has 19 heavy (non-hydrogen) atoms. The molecule has 0 fully saturated rings. The van der Waals surface area contributed by atoms with E-state index in [4.69, 9.17) is 20.7 Å². The van der Waals surface area contributed by atoms with Gasteiger partial charge in [0.15, 0.2) is 0 Å². The summed E-state index contributed by atoms with van der Waals surface area (Å²) < 4.78 is 0. The maximum Gasteiger partial charge on any atom is 0.337 e. The third kappa shape index (κ3) is 3.32. The lowest BCUT2D eigenvalue weighted by atomic mass is 10.1. The molecule has 1 rings (SSSR count). The number of nitrogens with zero attached hydrogens (tertiary/aromatic N) is 2. The number of nitriles is 2. The molecule has 0 heterocycles. The fourth-order valence-electron chi connectivity index (χ4n) is 1.22. The Morgan fingerprint density at radius 2 is 1.79 bits per heavy atom. The highest BCUT2D eigenvalue weighted by molar-refractivity contribution is 5.97. The number of hydrogen-bond donors (Lipinski definition) is 3. The van der Waals surface area contributed by atoms with Gasteiger partial charge >= 0.3 is 11.9 Å². The Kier molecular flexibility index (Phi) is 4.23. The van der Waals surface area contributed by atoms with E-state index < -0.39 is 11.9 Å². The van der Waals surface area contributed by atoms with E-state index >= 15 is 0 Å². The van der Waals surface area contributed by atoms with Crippen molar-refractivity contribution in [2.75, 3.05) is 5.32 Å². The number of rotatable bonds is 4. The highest BCUT2D eigenvalue weighted by atomic mass is 16.4. The Morgan fingerprint density at radius 1 is 1.16 bits per heavy atom. The zero-order chi connectivity index (χ0) is 14.4. The molecule has 0 spiro atoms. The molecule has 0 bridgehead atoms. The second-order valence-electron chi connectivity index (χ2n) is 3.30. The smallest absolute Gasteiger partial charge is 0.337 e. The Bertz CT molecular complexity index is 634. The number of allylic oxidation sites excluding steroid dienone is 1. The van der Waals surface area contributed by atoms with Gasteiger partial charge in [0.25, 0.3) is 0 Å². The van der Waals surface area contributed by atoms with Gasteiger partial charge in [-0.15, -0.1) is 0 Å². The van der Waals surface area contributed by atoms with Crippen LogP contribution in [0.5, 0.6) is 0 Å². The van der Waals surface area contributed by atoms with Gasteiger partial charge in [-0.25, -0.2) is 9.59 Å². The topological polar surface area (TPSA) is 134 Å². The van der Waals surface area contributed by atoms with Crippen molar-refractivity contribution in [2.45, 2.75) is 0 Å². The number of hydrogen-bond acceptors (Lipinski definition) is 5. The fourth-order valence-corrected chi connectivity index (χ4v) is 1.22. The van der Waals surface area contributed by atoms with Crippen molar-refractivity contribution in [3.8, 4) is 12.1 Å². The summed E-state index contributed by atoms with van der Waals surface area (Å²) in [5.41, 5.74) is -0.569. The fraction of sp³-hybridized carbons (Fsp3) is 0. The monoisotopic (exact) mass is 257 g/mol. The molecule has 0 unspecified atom stereocenters. The van der Waals surface area contributed by atoms with Crippen LogP contribution in [0.3, 0.4) is 0 Å². The molecule has 7 heteroatoms. The van der Waals surface area contributed by atoms with E-state index in [1.807, 2.05) is 0 Å². The number of benzene rings is 1. The molecule has 0 amide bonds. The minimum atomic E-state index is -1.26. The Hall–Kier alpha value is -3.32. The van der Waals surface area contributed by atoms with Crippen LogP contribution in [0.4, 0.5) is 5.69 Å². The van der Waals surface area contributed by atoms with Crippen LogP contribution in [-0.4, -0.2) is 22.2 Å². The van der Waals surface area contributed by atoms with Crippen LogP contribution in [-0.2, 0) is 0 Å². The number of carboxylic acids is 2. The average molecular weight is 257 g/mol. The largest absolute Gasteiger partial charge is 0.478 e. The third-order valence-corrected chi connectivity index (χ3v) is 2.11. The van der Waals surface area contributed by atoms with Crippen molar-refractivity contribution in [3.63, 3.8) is 0 Å². The lowest BCUT2D eigenvalue weighted by Crippen LogP contribution is -2.05. The summed E-state index contributed by atoms with van der Waals surface area (Å²) in [5, 5.41) is 37.3. The molecule has 94 valence electrons. The Balaban J connectivity index is 3.24. The van der Waals surface area contributed by atoms with Crippen LogP contribution in [0.25, 0.3) is 0 Å². The predicted molar refractivity (Wildman–Crippen MR) is 63.3 cm³/mol. The average Bonchev–Trinajstić information content (AvgIpc) is 2.39. The normalized spacial score (nSPS) is 8.74.